The van der Waals surface area contributed by atoms with Crippen molar-refractivity contribution < 1.29 is 4.74 Å². The molecule has 0 saturated heterocycles. The number of ether oxygens (including phenoxy) is 1. The van der Waals surface area contributed by atoms with Gasteiger partial charge in [0.25, 0.3) is 0 Å². The molecule has 1 spiro atoms. The lowest BCUT2D eigenvalue weighted by atomic mass is 9.66. The van der Waals surface area contributed by atoms with Crippen LogP contribution in [0, 0.1) is 0 Å². The van der Waals surface area contributed by atoms with Crippen molar-refractivity contribution in [2.75, 3.05) is 0 Å². The van der Waals surface area contributed by atoms with Crippen molar-refractivity contribution in [3.8, 4) is 79.0 Å². The molecule has 1 aromatic heterocycles. The third-order valence-corrected chi connectivity index (χ3v) is 16.4. The molecule has 278 valence electrons. The zero-order valence-electron chi connectivity index (χ0n) is 32.6. The highest BCUT2D eigenvalue weighted by molar-refractivity contribution is 7.04. The van der Waals surface area contributed by atoms with Crippen molar-refractivity contribution in [2.45, 2.75) is 18.5 Å². The number of hydrogen-bond donors (Lipinski definition) is 0. The highest BCUT2D eigenvalue weighted by Gasteiger charge is 2.52. The van der Waals surface area contributed by atoms with E-state index in [9.17, 15) is 0 Å². The Morgan fingerprint density at radius 3 is 1.53 bits per heavy atom. The predicted octanol–water partition coefficient (Wildman–Crippen LogP) is 11.8. The number of benzene rings is 8. The van der Waals surface area contributed by atoms with E-state index < -0.39 is 13.5 Å². The normalized spacial score (nSPS) is 14.3. The molecule has 0 atom stereocenters. The van der Waals surface area contributed by atoms with E-state index in [1.54, 1.807) is 0 Å². The lowest BCUT2D eigenvalue weighted by Crippen LogP contribution is -2.50. The quantitative estimate of drug-likeness (QED) is 0.167. The third kappa shape index (κ3) is 4.73. The lowest BCUT2D eigenvalue weighted by Gasteiger charge is -2.39. The SMILES string of the molecule is C[Si]1(C)c2ccccc2-c2c(-c3nc(-c4ccccc4)nc(-c4ccccc4)n3)ccc(-c3cccc4c3-c3ccccc3C43c4ccccc4Oc4ccccc43)c21. The van der Waals surface area contributed by atoms with Crippen molar-refractivity contribution in [1.82, 2.24) is 15.0 Å². The topological polar surface area (TPSA) is 47.9 Å². The van der Waals surface area contributed by atoms with Crippen LogP contribution >= 0.6 is 0 Å². The fourth-order valence-electron chi connectivity index (χ4n) is 10.4. The molecule has 0 unspecified atom stereocenters. The van der Waals surface area contributed by atoms with Crippen molar-refractivity contribution >= 4 is 18.4 Å². The second-order valence-corrected chi connectivity index (χ2v) is 20.5. The van der Waals surface area contributed by atoms with Crippen LogP contribution in [0.4, 0.5) is 0 Å². The van der Waals surface area contributed by atoms with Gasteiger partial charge in [0.2, 0.25) is 0 Å². The van der Waals surface area contributed by atoms with E-state index in [1.165, 1.54) is 66.0 Å². The molecule has 0 fully saturated rings. The molecular formula is C54H37N3OSi. The molecule has 4 nitrogen and oxygen atoms in total. The maximum atomic E-state index is 6.65. The van der Waals surface area contributed by atoms with Crippen LogP contribution in [0.2, 0.25) is 13.1 Å². The highest BCUT2D eigenvalue weighted by Crippen LogP contribution is 2.63. The number of nitrogens with zero attached hydrogens (tertiary/aromatic N) is 3. The van der Waals surface area contributed by atoms with Crippen LogP contribution < -0.4 is 15.1 Å². The Morgan fingerprint density at radius 2 is 0.864 bits per heavy atom. The Kier molecular flexibility index (Phi) is 7.26. The summed E-state index contributed by atoms with van der Waals surface area (Å²) >= 11 is 0. The van der Waals surface area contributed by atoms with Gasteiger partial charge < -0.3 is 4.74 Å². The van der Waals surface area contributed by atoms with Crippen LogP contribution in [0.5, 0.6) is 11.5 Å². The lowest BCUT2D eigenvalue weighted by molar-refractivity contribution is 0.436. The summed E-state index contributed by atoms with van der Waals surface area (Å²) in [6.45, 7) is 5.01. The summed E-state index contributed by atoms with van der Waals surface area (Å²) in [5, 5.41) is 2.85. The summed E-state index contributed by atoms with van der Waals surface area (Å²) in [6.07, 6.45) is 0. The Labute approximate surface area is 344 Å². The van der Waals surface area contributed by atoms with Crippen LogP contribution in [0.15, 0.2) is 188 Å². The van der Waals surface area contributed by atoms with Crippen LogP contribution in [0.1, 0.15) is 22.3 Å². The second-order valence-electron chi connectivity index (χ2n) is 16.2. The Morgan fingerprint density at radius 1 is 0.373 bits per heavy atom. The summed E-state index contributed by atoms with van der Waals surface area (Å²) in [6, 6.07) is 67.3. The van der Waals surface area contributed by atoms with Crippen molar-refractivity contribution in [1.29, 1.82) is 0 Å². The number of rotatable bonds is 4. The first kappa shape index (κ1) is 33.9. The molecule has 59 heavy (non-hydrogen) atoms. The average molecular weight is 772 g/mol. The summed E-state index contributed by atoms with van der Waals surface area (Å²) in [5.74, 6) is 3.80. The van der Waals surface area contributed by atoms with Gasteiger partial charge in [0.05, 0.1) is 5.41 Å². The monoisotopic (exact) mass is 771 g/mol. The van der Waals surface area contributed by atoms with Crippen LogP contribution in [-0.4, -0.2) is 23.0 Å². The minimum absolute atomic E-state index is 0.543. The first-order valence-corrected chi connectivity index (χ1v) is 23.3. The van der Waals surface area contributed by atoms with Gasteiger partial charge in [-0.2, -0.15) is 0 Å². The van der Waals surface area contributed by atoms with Crippen molar-refractivity contribution in [2.24, 2.45) is 0 Å². The molecule has 5 heteroatoms. The largest absolute Gasteiger partial charge is 0.457 e. The van der Waals surface area contributed by atoms with Gasteiger partial charge in [0.15, 0.2) is 17.5 Å². The Balaban J connectivity index is 1.16. The first-order chi connectivity index (χ1) is 29.0. The Bertz CT molecular complexity index is 3070. The molecule has 0 bridgehead atoms. The Hall–Kier alpha value is -7.21. The molecule has 3 aliphatic rings. The fourth-order valence-corrected chi connectivity index (χ4v) is 13.8. The second kappa shape index (κ2) is 12.6. The molecule has 0 amide bonds. The minimum atomic E-state index is -2.31. The van der Waals surface area contributed by atoms with Gasteiger partial charge >= 0.3 is 0 Å². The summed E-state index contributed by atoms with van der Waals surface area (Å²) in [5.41, 5.74) is 14.9. The molecule has 0 radical (unpaired) electrons. The van der Waals surface area contributed by atoms with Crippen molar-refractivity contribution in [3.05, 3.63) is 210 Å². The van der Waals surface area contributed by atoms with E-state index in [1.807, 2.05) is 36.4 Å². The minimum Gasteiger partial charge on any atom is -0.457 e. The number of aromatic nitrogens is 3. The third-order valence-electron chi connectivity index (χ3n) is 12.8. The fraction of sp³-hybridized carbons (Fsp3) is 0.0556. The van der Waals surface area contributed by atoms with E-state index in [0.29, 0.717) is 17.5 Å². The van der Waals surface area contributed by atoms with Crippen molar-refractivity contribution in [3.63, 3.8) is 0 Å². The van der Waals surface area contributed by atoms with Gasteiger partial charge in [-0.1, -0.05) is 183 Å². The standard InChI is InChI=1S/C54H37N3OSi/c1-59(2)47-31-16-10-23-39(47)49-40(53-56-51(34-18-5-3-6-19-34)55-52(57-53)35-20-7-4-8-21-35)33-32-37(50(49)59)36-24-17-28-44-48(36)38-22-9-11-25-41(38)54(44)42-26-12-14-29-45(42)58-46-30-15-13-27-43(46)54/h3-33H,1-2H3. The van der Waals surface area contributed by atoms with Gasteiger partial charge in [0, 0.05) is 27.8 Å². The maximum absolute atomic E-state index is 6.65. The van der Waals surface area contributed by atoms with Gasteiger partial charge in [-0.3, -0.25) is 0 Å². The molecule has 2 aliphatic heterocycles. The molecule has 1 aliphatic carbocycles. The van der Waals surface area contributed by atoms with E-state index in [4.69, 9.17) is 19.7 Å². The van der Waals surface area contributed by atoms with E-state index >= 15 is 0 Å². The van der Waals surface area contributed by atoms with Crippen LogP contribution in [0.3, 0.4) is 0 Å². The van der Waals surface area contributed by atoms with Gasteiger partial charge in [-0.05, 0) is 73.1 Å². The average Bonchev–Trinajstić information content (AvgIpc) is 3.73. The summed E-state index contributed by atoms with van der Waals surface area (Å²) in [4.78, 5) is 15.6. The molecule has 9 aromatic rings. The van der Waals surface area contributed by atoms with Gasteiger partial charge in [-0.15, -0.1) is 0 Å². The molecule has 8 aromatic carbocycles. The van der Waals surface area contributed by atoms with Gasteiger partial charge in [0.1, 0.15) is 19.6 Å². The smallest absolute Gasteiger partial charge is 0.164 e. The molecular weight excluding hydrogens is 735 g/mol. The predicted molar refractivity (Wildman–Crippen MR) is 241 cm³/mol. The van der Waals surface area contributed by atoms with Gasteiger partial charge in [-0.25, -0.2) is 15.0 Å². The summed E-state index contributed by atoms with van der Waals surface area (Å²) < 4.78 is 6.65. The number of hydrogen-bond acceptors (Lipinski definition) is 4. The van der Waals surface area contributed by atoms with Crippen LogP contribution in [0.25, 0.3) is 67.5 Å². The molecule has 3 heterocycles. The zero-order valence-corrected chi connectivity index (χ0v) is 33.6. The molecule has 0 saturated carbocycles. The summed E-state index contributed by atoms with van der Waals surface area (Å²) in [7, 11) is -2.31. The van der Waals surface area contributed by atoms with Crippen LogP contribution in [-0.2, 0) is 5.41 Å². The number of para-hydroxylation sites is 2. The maximum Gasteiger partial charge on any atom is 0.164 e. The molecule has 0 N–H and O–H groups in total. The van der Waals surface area contributed by atoms with E-state index in [2.05, 4.69) is 165 Å². The first-order valence-electron chi connectivity index (χ1n) is 20.3. The molecule has 12 rings (SSSR count). The highest BCUT2D eigenvalue weighted by atomic mass is 28.3. The number of fused-ring (bicyclic) bond motifs is 12. The zero-order chi connectivity index (χ0) is 39.3. The van der Waals surface area contributed by atoms with E-state index in [0.717, 1.165) is 28.2 Å². The van der Waals surface area contributed by atoms with E-state index in [-0.39, 0.29) is 0 Å².